The number of ether oxygens (including phenoxy) is 1. The second kappa shape index (κ2) is 9.49. The molecule has 0 fully saturated rings. The minimum Gasteiger partial charge on any atom is -0.434 e. The molecule has 0 saturated carbocycles. The van der Waals surface area contributed by atoms with Crippen LogP contribution >= 0.6 is 27.3 Å². The first-order valence-electron chi connectivity index (χ1n) is 9.00. The van der Waals surface area contributed by atoms with E-state index in [4.69, 9.17) is 0 Å². The molecular formula is C22H19BrF2N2O2S. The van der Waals surface area contributed by atoms with Crippen molar-refractivity contribution in [3.8, 4) is 17.0 Å². The Labute approximate surface area is 185 Å². The average molecular weight is 493 g/mol. The van der Waals surface area contributed by atoms with Crippen molar-refractivity contribution in [2.24, 2.45) is 0 Å². The molecule has 1 heterocycles. The number of carbonyl (C=O) groups excluding carboxylic acids is 1. The maximum atomic E-state index is 12.6. The maximum absolute atomic E-state index is 12.6. The van der Waals surface area contributed by atoms with Crippen molar-refractivity contribution in [2.45, 2.75) is 27.4 Å². The highest BCUT2D eigenvalue weighted by atomic mass is 79.9. The summed E-state index contributed by atoms with van der Waals surface area (Å²) in [6, 6.07) is 8.78. The van der Waals surface area contributed by atoms with Gasteiger partial charge in [0.1, 0.15) is 5.75 Å². The molecule has 0 bridgehead atoms. The Balaban J connectivity index is 1.75. The normalized spacial score (nSPS) is 11.3. The summed E-state index contributed by atoms with van der Waals surface area (Å²) in [6.45, 7) is 3.17. The molecule has 3 aromatic rings. The van der Waals surface area contributed by atoms with Gasteiger partial charge in [-0.15, -0.1) is 11.3 Å². The van der Waals surface area contributed by atoms with E-state index in [1.807, 2.05) is 26.2 Å². The number of hydrogen-bond donors (Lipinski definition) is 1. The average Bonchev–Trinajstić information content (AvgIpc) is 3.08. The van der Waals surface area contributed by atoms with Crippen LogP contribution in [-0.2, 0) is 4.79 Å². The number of aromatic nitrogens is 1. The van der Waals surface area contributed by atoms with Crippen LogP contribution in [0.25, 0.3) is 17.3 Å². The highest BCUT2D eigenvalue weighted by Gasteiger charge is 2.12. The Bertz CT molecular complexity index is 1090. The zero-order valence-corrected chi connectivity index (χ0v) is 18.9. The van der Waals surface area contributed by atoms with E-state index < -0.39 is 12.5 Å². The number of halogens is 3. The Morgan fingerprint density at radius 3 is 2.57 bits per heavy atom. The fourth-order valence-electron chi connectivity index (χ4n) is 3.20. The lowest BCUT2D eigenvalue weighted by molar-refractivity contribution is -0.111. The first-order valence-corrected chi connectivity index (χ1v) is 10.7. The van der Waals surface area contributed by atoms with Crippen LogP contribution in [0.3, 0.4) is 0 Å². The lowest BCUT2D eigenvalue weighted by Gasteiger charge is -2.08. The lowest BCUT2D eigenvalue weighted by atomic mass is 9.98. The van der Waals surface area contributed by atoms with E-state index in [-0.39, 0.29) is 5.75 Å². The predicted molar refractivity (Wildman–Crippen MR) is 120 cm³/mol. The van der Waals surface area contributed by atoms with Crippen LogP contribution in [0, 0.1) is 20.8 Å². The number of rotatable bonds is 6. The number of carbonyl (C=O) groups is 1. The van der Waals surface area contributed by atoms with Crippen LogP contribution < -0.4 is 10.1 Å². The monoisotopic (exact) mass is 492 g/mol. The number of anilines is 1. The molecule has 8 heteroatoms. The number of thiazole rings is 1. The zero-order chi connectivity index (χ0) is 21.8. The van der Waals surface area contributed by atoms with E-state index in [9.17, 15) is 13.6 Å². The van der Waals surface area contributed by atoms with Crippen molar-refractivity contribution in [3.05, 3.63) is 68.5 Å². The van der Waals surface area contributed by atoms with Gasteiger partial charge in [-0.1, -0.05) is 33.6 Å². The second-order valence-electron chi connectivity index (χ2n) is 6.69. The number of amides is 1. The van der Waals surface area contributed by atoms with Crippen molar-refractivity contribution in [1.29, 1.82) is 0 Å². The topological polar surface area (TPSA) is 51.2 Å². The molecule has 3 rings (SSSR count). The molecule has 0 aliphatic heterocycles. The van der Waals surface area contributed by atoms with E-state index >= 15 is 0 Å². The number of hydrogen-bond acceptors (Lipinski definition) is 4. The molecule has 4 nitrogen and oxygen atoms in total. The number of alkyl halides is 2. The molecule has 0 aliphatic carbocycles. The minimum absolute atomic E-state index is 0.0147. The Morgan fingerprint density at radius 2 is 1.90 bits per heavy atom. The standard InChI is InChI=1S/C22H19BrF2N2O2S/c1-12-8-13(2)20(14(3)9-12)17-11-30-22(26-17)27-19(28)7-4-15-10-16(23)5-6-18(15)29-21(24)25/h4-11,21H,1-3H3,(H,26,27,28). The van der Waals surface area contributed by atoms with Gasteiger partial charge in [-0.25, -0.2) is 4.98 Å². The van der Waals surface area contributed by atoms with E-state index in [1.165, 1.54) is 35.1 Å². The molecule has 1 aromatic heterocycles. The quantitative estimate of drug-likeness (QED) is 0.387. The Morgan fingerprint density at radius 1 is 1.20 bits per heavy atom. The number of nitrogens with one attached hydrogen (secondary N) is 1. The summed E-state index contributed by atoms with van der Waals surface area (Å²) in [5.74, 6) is -0.435. The van der Waals surface area contributed by atoms with Gasteiger partial charge in [-0.2, -0.15) is 8.78 Å². The van der Waals surface area contributed by atoms with Gasteiger partial charge in [0.05, 0.1) is 5.69 Å². The zero-order valence-electron chi connectivity index (χ0n) is 16.5. The molecule has 1 N–H and O–H groups in total. The van der Waals surface area contributed by atoms with Crippen molar-refractivity contribution < 1.29 is 18.3 Å². The third kappa shape index (κ3) is 5.52. The van der Waals surface area contributed by atoms with Crippen molar-refractivity contribution >= 4 is 44.4 Å². The molecule has 156 valence electrons. The molecule has 0 atom stereocenters. The first-order chi connectivity index (χ1) is 14.2. The van der Waals surface area contributed by atoms with Gasteiger partial charge in [0.2, 0.25) is 5.91 Å². The lowest BCUT2D eigenvalue weighted by Crippen LogP contribution is -2.07. The molecular weight excluding hydrogens is 474 g/mol. The summed E-state index contributed by atoms with van der Waals surface area (Å²) in [4.78, 5) is 16.8. The smallest absolute Gasteiger partial charge is 0.387 e. The second-order valence-corrected chi connectivity index (χ2v) is 8.47. The largest absolute Gasteiger partial charge is 0.434 e. The van der Waals surface area contributed by atoms with Crippen LogP contribution in [0.2, 0.25) is 0 Å². The van der Waals surface area contributed by atoms with Crippen LogP contribution in [0.5, 0.6) is 5.75 Å². The summed E-state index contributed by atoms with van der Waals surface area (Å²) < 4.78 is 30.3. The summed E-state index contributed by atoms with van der Waals surface area (Å²) in [5.41, 5.74) is 5.63. The predicted octanol–water partition coefficient (Wildman–Crippen LogP) is 6.75. The highest BCUT2D eigenvalue weighted by molar-refractivity contribution is 9.10. The fourth-order valence-corrected chi connectivity index (χ4v) is 4.28. The molecule has 1 amide bonds. The van der Waals surface area contributed by atoms with Crippen LogP contribution in [0.4, 0.5) is 13.9 Å². The van der Waals surface area contributed by atoms with Gasteiger partial charge in [-0.3, -0.25) is 10.1 Å². The van der Waals surface area contributed by atoms with E-state index in [1.54, 1.807) is 12.1 Å². The highest BCUT2D eigenvalue weighted by Crippen LogP contribution is 2.31. The molecule has 30 heavy (non-hydrogen) atoms. The minimum atomic E-state index is -2.95. The third-order valence-electron chi connectivity index (χ3n) is 4.27. The molecule has 0 unspecified atom stereocenters. The van der Waals surface area contributed by atoms with Crippen LogP contribution in [0.15, 0.2) is 46.3 Å². The van der Waals surface area contributed by atoms with Gasteiger partial charge in [0.25, 0.3) is 0 Å². The van der Waals surface area contributed by atoms with E-state index in [2.05, 4.69) is 43.1 Å². The number of benzene rings is 2. The Hall–Kier alpha value is -2.58. The molecule has 0 radical (unpaired) electrons. The Kier molecular flexibility index (Phi) is 6.99. The van der Waals surface area contributed by atoms with Crippen LogP contribution in [-0.4, -0.2) is 17.5 Å². The van der Waals surface area contributed by atoms with Crippen molar-refractivity contribution in [3.63, 3.8) is 0 Å². The third-order valence-corrected chi connectivity index (χ3v) is 5.52. The fraction of sp³-hybridized carbons (Fsp3) is 0.182. The SMILES string of the molecule is Cc1cc(C)c(-c2csc(NC(=O)C=Cc3cc(Br)ccc3OC(F)F)n2)c(C)c1. The summed E-state index contributed by atoms with van der Waals surface area (Å²) >= 11 is 4.60. The van der Waals surface area contributed by atoms with E-state index in [0.29, 0.717) is 15.2 Å². The summed E-state index contributed by atoms with van der Waals surface area (Å²) in [7, 11) is 0. The molecule has 0 spiro atoms. The van der Waals surface area contributed by atoms with Gasteiger partial charge in [0, 0.05) is 27.1 Å². The summed E-state index contributed by atoms with van der Waals surface area (Å²) in [6.07, 6.45) is 2.67. The van der Waals surface area contributed by atoms with E-state index in [0.717, 1.165) is 22.4 Å². The van der Waals surface area contributed by atoms with Gasteiger partial charge < -0.3 is 4.74 Å². The van der Waals surface area contributed by atoms with Gasteiger partial charge >= 0.3 is 6.61 Å². The van der Waals surface area contributed by atoms with Crippen molar-refractivity contribution in [2.75, 3.05) is 5.32 Å². The number of nitrogens with zero attached hydrogens (tertiary/aromatic N) is 1. The number of aryl methyl sites for hydroxylation is 3. The maximum Gasteiger partial charge on any atom is 0.387 e. The van der Waals surface area contributed by atoms with Crippen LogP contribution in [0.1, 0.15) is 22.3 Å². The molecule has 0 saturated heterocycles. The van der Waals surface area contributed by atoms with Crippen molar-refractivity contribution in [1.82, 2.24) is 4.98 Å². The molecule has 0 aliphatic rings. The molecule has 2 aromatic carbocycles. The van der Waals surface area contributed by atoms with Gasteiger partial charge in [-0.05, 0) is 56.2 Å². The summed E-state index contributed by atoms with van der Waals surface area (Å²) in [5, 5.41) is 5.06. The van der Waals surface area contributed by atoms with Gasteiger partial charge in [0.15, 0.2) is 5.13 Å². The first kappa shape index (κ1) is 22.1.